The second-order valence-corrected chi connectivity index (χ2v) is 6.19. The van der Waals surface area contributed by atoms with E-state index < -0.39 is 0 Å². The minimum atomic E-state index is 0.510. The standard InChI is InChI=1S/C15H28N2O2/c1-2-16-13-6-8-18-11-12(13)10-17-7-9-19-15-5-3-4-14(15)17/h12-16H,2-11H2,1H3. The molecule has 1 saturated carbocycles. The van der Waals surface area contributed by atoms with Crippen molar-refractivity contribution in [2.75, 3.05) is 39.5 Å². The third-order valence-electron chi connectivity index (χ3n) is 5.01. The number of morpholine rings is 1. The minimum absolute atomic E-state index is 0.510. The molecule has 2 aliphatic heterocycles. The molecule has 2 heterocycles. The fourth-order valence-corrected chi connectivity index (χ4v) is 4.04. The van der Waals surface area contributed by atoms with Crippen molar-refractivity contribution in [3.63, 3.8) is 0 Å². The lowest BCUT2D eigenvalue weighted by atomic mass is 9.94. The monoisotopic (exact) mass is 268 g/mol. The van der Waals surface area contributed by atoms with Crippen LogP contribution in [0.15, 0.2) is 0 Å². The Hall–Kier alpha value is -0.160. The molecule has 3 rings (SSSR count). The van der Waals surface area contributed by atoms with Gasteiger partial charge in [-0.1, -0.05) is 6.92 Å². The highest BCUT2D eigenvalue weighted by atomic mass is 16.5. The summed E-state index contributed by atoms with van der Waals surface area (Å²) in [7, 11) is 0. The van der Waals surface area contributed by atoms with Crippen LogP contribution in [-0.4, -0.2) is 62.5 Å². The van der Waals surface area contributed by atoms with Crippen LogP contribution in [0.4, 0.5) is 0 Å². The van der Waals surface area contributed by atoms with E-state index in [1.807, 2.05) is 0 Å². The smallest absolute Gasteiger partial charge is 0.0730 e. The maximum absolute atomic E-state index is 5.91. The lowest BCUT2D eigenvalue weighted by Crippen LogP contribution is -2.54. The van der Waals surface area contributed by atoms with Gasteiger partial charge in [-0.25, -0.2) is 0 Å². The van der Waals surface area contributed by atoms with Crippen molar-refractivity contribution in [1.29, 1.82) is 0 Å². The Balaban J connectivity index is 1.59. The van der Waals surface area contributed by atoms with Crippen molar-refractivity contribution in [3.05, 3.63) is 0 Å². The highest BCUT2D eigenvalue weighted by molar-refractivity contribution is 4.92. The van der Waals surface area contributed by atoms with E-state index in [0.29, 0.717) is 24.1 Å². The molecule has 0 aromatic carbocycles. The molecule has 0 aromatic heterocycles. The fraction of sp³-hybridized carbons (Fsp3) is 1.00. The number of nitrogens with one attached hydrogen (secondary N) is 1. The van der Waals surface area contributed by atoms with E-state index in [4.69, 9.17) is 9.47 Å². The highest BCUT2D eigenvalue weighted by Gasteiger charge is 2.38. The Morgan fingerprint density at radius 1 is 1.21 bits per heavy atom. The molecule has 3 fully saturated rings. The molecule has 1 N–H and O–H groups in total. The largest absolute Gasteiger partial charge is 0.381 e. The van der Waals surface area contributed by atoms with Gasteiger partial charge < -0.3 is 14.8 Å². The van der Waals surface area contributed by atoms with Gasteiger partial charge in [0.25, 0.3) is 0 Å². The number of hydrogen-bond donors (Lipinski definition) is 1. The van der Waals surface area contributed by atoms with Gasteiger partial charge in [0.05, 0.1) is 19.3 Å². The topological polar surface area (TPSA) is 33.7 Å². The van der Waals surface area contributed by atoms with E-state index in [1.54, 1.807) is 0 Å². The van der Waals surface area contributed by atoms with Crippen LogP contribution in [-0.2, 0) is 9.47 Å². The average Bonchev–Trinajstić information content (AvgIpc) is 2.91. The first-order valence-electron chi connectivity index (χ1n) is 8.05. The SMILES string of the molecule is CCNC1CCOCC1CN1CCOC2CCCC21. The maximum Gasteiger partial charge on any atom is 0.0730 e. The Morgan fingerprint density at radius 2 is 2.16 bits per heavy atom. The lowest BCUT2D eigenvalue weighted by Gasteiger charge is -2.42. The third kappa shape index (κ3) is 3.13. The number of hydrogen-bond acceptors (Lipinski definition) is 4. The van der Waals surface area contributed by atoms with Crippen LogP contribution in [0, 0.1) is 5.92 Å². The zero-order chi connectivity index (χ0) is 13.1. The predicted octanol–water partition coefficient (Wildman–Crippen LogP) is 1.25. The van der Waals surface area contributed by atoms with E-state index in [1.165, 1.54) is 25.8 Å². The molecule has 0 spiro atoms. The Morgan fingerprint density at radius 3 is 3.05 bits per heavy atom. The van der Waals surface area contributed by atoms with Crippen LogP contribution in [0.25, 0.3) is 0 Å². The van der Waals surface area contributed by atoms with E-state index in [9.17, 15) is 0 Å². The van der Waals surface area contributed by atoms with Crippen LogP contribution in [0.1, 0.15) is 32.6 Å². The summed E-state index contributed by atoms with van der Waals surface area (Å²) in [4.78, 5) is 2.69. The van der Waals surface area contributed by atoms with Gasteiger partial charge in [-0.05, 0) is 32.2 Å². The van der Waals surface area contributed by atoms with Crippen molar-refractivity contribution >= 4 is 0 Å². The highest BCUT2D eigenvalue weighted by Crippen LogP contribution is 2.31. The van der Waals surface area contributed by atoms with Gasteiger partial charge in [-0.15, -0.1) is 0 Å². The first kappa shape index (κ1) is 13.8. The summed E-state index contributed by atoms with van der Waals surface area (Å²) >= 11 is 0. The Labute approximate surface area is 116 Å². The first-order chi connectivity index (χ1) is 9.38. The normalized spacial score (nSPS) is 40.3. The zero-order valence-corrected chi connectivity index (χ0v) is 12.1. The van der Waals surface area contributed by atoms with Gasteiger partial charge in [0.2, 0.25) is 0 Å². The summed E-state index contributed by atoms with van der Waals surface area (Å²) < 4.78 is 11.6. The summed E-state index contributed by atoms with van der Waals surface area (Å²) in [5.41, 5.74) is 0. The van der Waals surface area contributed by atoms with Crippen molar-refractivity contribution < 1.29 is 9.47 Å². The van der Waals surface area contributed by atoms with Crippen LogP contribution in [0.5, 0.6) is 0 Å². The number of nitrogens with zero attached hydrogens (tertiary/aromatic N) is 1. The van der Waals surface area contributed by atoms with Gasteiger partial charge in [-0.2, -0.15) is 0 Å². The fourth-order valence-electron chi connectivity index (χ4n) is 4.04. The van der Waals surface area contributed by atoms with Crippen molar-refractivity contribution in [1.82, 2.24) is 10.2 Å². The number of fused-ring (bicyclic) bond motifs is 1. The van der Waals surface area contributed by atoms with E-state index in [0.717, 1.165) is 39.3 Å². The third-order valence-corrected chi connectivity index (χ3v) is 5.01. The molecule has 2 saturated heterocycles. The lowest BCUT2D eigenvalue weighted by molar-refractivity contribution is -0.0719. The van der Waals surface area contributed by atoms with Gasteiger partial charge >= 0.3 is 0 Å². The Kier molecular flexibility index (Phi) is 4.74. The minimum Gasteiger partial charge on any atom is -0.381 e. The molecular weight excluding hydrogens is 240 g/mol. The molecule has 0 radical (unpaired) electrons. The zero-order valence-electron chi connectivity index (χ0n) is 12.1. The second-order valence-electron chi connectivity index (χ2n) is 6.19. The molecule has 4 nitrogen and oxygen atoms in total. The molecule has 19 heavy (non-hydrogen) atoms. The van der Waals surface area contributed by atoms with Crippen LogP contribution in [0.3, 0.4) is 0 Å². The molecule has 4 unspecified atom stereocenters. The van der Waals surface area contributed by atoms with Crippen LogP contribution in [0.2, 0.25) is 0 Å². The number of rotatable bonds is 4. The van der Waals surface area contributed by atoms with Crippen molar-refractivity contribution in [2.45, 2.75) is 50.8 Å². The van der Waals surface area contributed by atoms with Gasteiger partial charge in [-0.3, -0.25) is 4.90 Å². The summed E-state index contributed by atoms with van der Waals surface area (Å²) in [6.45, 7) is 8.32. The average molecular weight is 268 g/mol. The summed E-state index contributed by atoms with van der Waals surface area (Å²) in [6, 6.07) is 1.32. The molecule has 4 atom stereocenters. The molecular formula is C15H28N2O2. The molecule has 0 aromatic rings. The van der Waals surface area contributed by atoms with E-state index >= 15 is 0 Å². The van der Waals surface area contributed by atoms with Gasteiger partial charge in [0, 0.05) is 37.7 Å². The van der Waals surface area contributed by atoms with Gasteiger partial charge in [0.1, 0.15) is 0 Å². The molecule has 110 valence electrons. The molecule has 4 heteroatoms. The quantitative estimate of drug-likeness (QED) is 0.832. The van der Waals surface area contributed by atoms with Crippen molar-refractivity contribution in [2.24, 2.45) is 5.92 Å². The predicted molar refractivity (Wildman–Crippen MR) is 75.3 cm³/mol. The second kappa shape index (κ2) is 6.53. The van der Waals surface area contributed by atoms with E-state index in [-0.39, 0.29) is 0 Å². The van der Waals surface area contributed by atoms with Crippen LogP contribution >= 0.6 is 0 Å². The summed E-state index contributed by atoms with van der Waals surface area (Å²) in [6.07, 6.45) is 5.60. The van der Waals surface area contributed by atoms with E-state index in [2.05, 4.69) is 17.1 Å². The Bertz CT molecular complexity index is 285. The molecule has 0 amide bonds. The summed E-state index contributed by atoms with van der Waals surface area (Å²) in [5, 5.41) is 3.65. The van der Waals surface area contributed by atoms with Crippen molar-refractivity contribution in [3.8, 4) is 0 Å². The molecule has 1 aliphatic carbocycles. The molecule has 0 bridgehead atoms. The first-order valence-corrected chi connectivity index (χ1v) is 8.05. The maximum atomic E-state index is 5.91. The summed E-state index contributed by atoms with van der Waals surface area (Å²) in [5.74, 6) is 0.646. The molecule has 3 aliphatic rings. The van der Waals surface area contributed by atoms with Crippen LogP contribution < -0.4 is 5.32 Å². The number of ether oxygens (including phenoxy) is 2. The van der Waals surface area contributed by atoms with Gasteiger partial charge in [0.15, 0.2) is 0 Å².